The number of rotatable bonds is 25. The maximum Gasteiger partial charge on any atom is 0.447 e. The predicted octanol–water partition coefficient (Wildman–Crippen LogP) is 6.71. The molecule has 80 heavy (non-hydrogen) atoms. The molecule has 0 aliphatic heterocycles. The Bertz CT molecular complexity index is 4220. The Labute approximate surface area is 461 Å². The minimum Gasteiger partial charge on any atom is -0.505 e. The third-order valence-electron chi connectivity index (χ3n) is 10.1. The normalized spacial score (nSPS) is 12.8. The molecular weight excluding hydrogens is 1240 g/mol. The average Bonchev–Trinajstić information content (AvgIpc) is 3.35. The molecule has 0 atom stereocenters. The lowest BCUT2D eigenvalue weighted by Gasteiger charge is -2.22. The minimum absolute atomic E-state index is 0.0265. The van der Waals surface area contributed by atoms with Crippen LogP contribution >= 0.6 is 23.6 Å². The Hall–Kier alpha value is -6.87. The van der Waals surface area contributed by atoms with Gasteiger partial charge in [0, 0.05) is 29.8 Å². The molecule has 6 aromatic rings. The first-order chi connectivity index (χ1) is 37.2. The van der Waals surface area contributed by atoms with Gasteiger partial charge in [-0.05, 0) is 85.1 Å². The third-order valence-corrected chi connectivity index (χ3v) is 16.8. The fourth-order valence-corrected chi connectivity index (χ4v) is 11.8. The second kappa shape index (κ2) is 24.5. The minimum atomic E-state index is -5.39. The molecule has 1 heterocycles. The van der Waals surface area contributed by atoms with Crippen molar-refractivity contribution in [3.63, 3.8) is 0 Å². The summed E-state index contributed by atoms with van der Waals surface area (Å²) in [5, 5.41) is 41.0. The molecule has 0 amide bonds. The Morgan fingerprint density at radius 1 is 0.738 bits per heavy atom. The van der Waals surface area contributed by atoms with E-state index in [0.29, 0.717) is 12.1 Å². The van der Waals surface area contributed by atoms with Crippen LogP contribution < -0.4 is 19.7 Å². The van der Waals surface area contributed by atoms with E-state index in [1.54, 1.807) is 6.92 Å². The van der Waals surface area contributed by atoms with Crippen molar-refractivity contribution in [3.05, 3.63) is 89.8 Å². The molecule has 0 aliphatic rings. The van der Waals surface area contributed by atoms with E-state index in [-0.39, 0.29) is 79.3 Å². The van der Waals surface area contributed by atoms with E-state index in [9.17, 15) is 64.7 Å². The van der Waals surface area contributed by atoms with Crippen LogP contribution in [0.4, 0.5) is 46.0 Å². The second-order valence-corrected chi connectivity index (χ2v) is 25.1. The van der Waals surface area contributed by atoms with Gasteiger partial charge in [-0.3, -0.25) is 18.2 Å². The summed E-state index contributed by atoms with van der Waals surface area (Å²) in [6.07, 6.45) is 0. The number of azo groups is 2. The average molecular weight is 1270 g/mol. The first-order valence-electron chi connectivity index (χ1n) is 20.9. The van der Waals surface area contributed by atoms with Crippen LogP contribution in [0.5, 0.6) is 17.2 Å². The van der Waals surface area contributed by atoms with Gasteiger partial charge in [0.2, 0.25) is 32.1 Å². The van der Waals surface area contributed by atoms with Crippen LogP contribution in [0.3, 0.4) is 0 Å². The zero-order valence-electron chi connectivity index (χ0n) is 40.1. The van der Waals surface area contributed by atoms with E-state index < -0.39 is 121 Å². The first kappa shape index (κ1) is 62.3. The highest BCUT2D eigenvalue weighted by Gasteiger charge is 2.29. The third kappa shape index (κ3) is 15.3. The van der Waals surface area contributed by atoms with Crippen LogP contribution in [0.2, 0.25) is 5.28 Å². The quantitative estimate of drug-likeness (QED) is 0.00781. The number of fused-ring (bicyclic) bond motifs is 1. The van der Waals surface area contributed by atoms with Gasteiger partial charge in [-0.1, -0.05) is 11.1 Å². The molecule has 6 rings (SSSR count). The van der Waals surface area contributed by atoms with Crippen LogP contribution in [0, 0.1) is 0 Å². The molecule has 0 aliphatic carbocycles. The molecule has 0 bridgehead atoms. The number of nitrogens with one attached hydrogen (secondary N) is 1. The molecule has 0 radical (unpaired) electrons. The summed E-state index contributed by atoms with van der Waals surface area (Å²) in [7, 11) is -27.7. The molecule has 0 unspecified atom stereocenters. The van der Waals surface area contributed by atoms with Crippen molar-refractivity contribution in [1.29, 1.82) is 0 Å². The Morgan fingerprint density at radius 3 is 1.95 bits per heavy atom. The van der Waals surface area contributed by atoms with Crippen LogP contribution in [0.15, 0.2) is 129 Å². The van der Waals surface area contributed by atoms with Crippen molar-refractivity contribution in [2.24, 2.45) is 20.5 Å². The van der Waals surface area contributed by atoms with E-state index in [1.807, 2.05) is 0 Å². The number of aromatic hydroxyl groups is 1. The SMILES string of the molecule is C=C(OS(=O)(=O)O)S(=O)(=O)c1ccc(N=Nc2cc(OC)c(N=Nc3c(SOOO)cc4cc(S(=O)(=O)O)cc(Nc5nc(Cl)nc(N(CC)c6cccc(S(=O)(=O)CCOS(=O)(=O)O)c6)n5)c4c3O)cc2OC)c(S(=O)(=O)O)c1. The highest BCUT2D eigenvalue weighted by atomic mass is 35.5. The number of hydrogen-bond acceptors (Lipinski definition) is 30. The lowest BCUT2D eigenvalue weighted by molar-refractivity contribution is -0.432. The fraction of sp³-hybridized carbons (Fsp3) is 0.154. The maximum absolute atomic E-state index is 13.1. The molecule has 0 saturated carbocycles. The zero-order valence-corrected chi connectivity index (χ0v) is 46.6. The van der Waals surface area contributed by atoms with Crippen LogP contribution in [0.1, 0.15) is 6.92 Å². The number of phenols is 1. The number of ether oxygens (including phenoxy) is 2. The van der Waals surface area contributed by atoms with Gasteiger partial charge in [0.05, 0.1) is 63.9 Å². The molecule has 33 nitrogen and oxygen atoms in total. The molecule has 430 valence electrons. The number of benzene rings is 5. The number of anilines is 4. The summed E-state index contributed by atoms with van der Waals surface area (Å²) in [4.78, 5) is 10.4. The summed E-state index contributed by atoms with van der Waals surface area (Å²) in [6.45, 7) is 3.63. The van der Waals surface area contributed by atoms with Gasteiger partial charge in [0.1, 0.15) is 39.1 Å². The lowest BCUT2D eigenvalue weighted by atomic mass is 10.1. The number of phenolic OH excluding ortho intramolecular Hbond substituents is 1. The second-order valence-electron chi connectivity index (χ2n) is 15.1. The number of hydrogen-bond donors (Lipinski definition) is 7. The van der Waals surface area contributed by atoms with Gasteiger partial charge in [-0.25, -0.2) is 26.3 Å². The Balaban J connectivity index is 1.42. The van der Waals surface area contributed by atoms with Crippen LogP contribution in [-0.2, 0) is 78.4 Å². The molecule has 0 fully saturated rings. The highest BCUT2D eigenvalue weighted by molar-refractivity contribution is 7.96. The van der Waals surface area contributed by atoms with Crippen molar-refractivity contribution in [3.8, 4) is 17.2 Å². The molecule has 0 saturated heterocycles. The summed E-state index contributed by atoms with van der Waals surface area (Å²) < 4.78 is 207. The molecule has 0 spiro atoms. The van der Waals surface area contributed by atoms with Crippen molar-refractivity contribution < 1.29 is 106 Å². The number of aromatic nitrogens is 3. The van der Waals surface area contributed by atoms with Crippen molar-refractivity contribution >= 4 is 141 Å². The van der Waals surface area contributed by atoms with E-state index in [2.05, 4.69) is 65.0 Å². The van der Waals surface area contributed by atoms with E-state index in [1.165, 1.54) is 29.2 Å². The predicted molar refractivity (Wildman–Crippen MR) is 276 cm³/mol. The molecule has 5 aromatic carbocycles. The highest BCUT2D eigenvalue weighted by Crippen LogP contribution is 2.49. The zero-order chi connectivity index (χ0) is 59.3. The van der Waals surface area contributed by atoms with Crippen molar-refractivity contribution in [2.75, 3.05) is 43.3 Å². The lowest BCUT2D eigenvalue weighted by Crippen LogP contribution is -2.21. The molecular formula is C39H36ClN9O24S7. The van der Waals surface area contributed by atoms with Gasteiger partial charge < -0.3 is 29.0 Å². The standard InChI is InChI=1S/C39H36ClN9O24S7/c1-5-49(22-7-6-8-23(15-22)75(52,53)12-11-70-79(62,63)64)39-43-37(40)42-38(44-39)41-29-16-25(77(56,57)58)13-21-14-32(74-73-72-51)35(36(50)34(21)29)48-47-28-19-30(68-3)27(18-31(28)69-4)46-45-26-10-9-24(17-33(26)78(59,60)61)76(54,55)20(2)71-80(65,66)67/h6-10,13-19,50-51H,2,5,11-12H2,1,3-4H3,(H,56,57,58)(H,59,60,61)(H,62,63,64)(H,65,66,67)(H,41,42,43,44). The molecule has 41 heteroatoms. The van der Waals surface area contributed by atoms with Gasteiger partial charge in [-0.15, -0.1) is 24.8 Å². The van der Waals surface area contributed by atoms with Gasteiger partial charge in [-0.2, -0.15) is 48.6 Å². The number of halogens is 1. The van der Waals surface area contributed by atoms with E-state index >= 15 is 0 Å². The number of sulfone groups is 2. The molecule has 7 N–H and O–H groups in total. The molecule has 1 aromatic heterocycles. The number of nitrogens with zero attached hydrogens (tertiary/aromatic N) is 8. The van der Waals surface area contributed by atoms with Crippen molar-refractivity contribution in [2.45, 2.75) is 31.4 Å². The van der Waals surface area contributed by atoms with Gasteiger partial charge >= 0.3 is 20.8 Å². The topological polar surface area (TPSA) is 485 Å². The van der Waals surface area contributed by atoms with Crippen molar-refractivity contribution in [1.82, 2.24) is 15.0 Å². The number of methoxy groups -OCH3 is 2. The largest absolute Gasteiger partial charge is 0.505 e. The van der Waals surface area contributed by atoms with Gasteiger partial charge in [0.25, 0.3) is 20.2 Å². The fourth-order valence-electron chi connectivity index (χ4n) is 6.69. The smallest absolute Gasteiger partial charge is 0.447 e. The Morgan fingerprint density at radius 2 is 1.38 bits per heavy atom. The van der Waals surface area contributed by atoms with E-state index in [4.69, 9.17) is 35.4 Å². The summed E-state index contributed by atoms with van der Waals surface area (Å²) >= 11 is 6.55. The summed E-state index contributed by atoms with van der Waals surface area (Å²) in [6, 6.07) is 12.2. The summed E-state index contributed by atoms with van der Waals surface area (Å²) in [5.74, 6) is -2.76. The monoisotopic (exact) mass is 1270 g/mol. The van der Waals surface area contributed by atoms with Crippen LogP contribution in [-0.4, -0.2) is 127 Å². The Kier molecular flexibility index (Phi) is 19.1. The van der Waals surface area contributed by atoms with Crippen LogP contribution in [0.25, 0.3) is 10.8 Å². The maximum atomic E-state index is 13.1. The van der Waals surface area contributed by atoms with Gasteiger partial charge in [0.15, 0.2) is 15.6 Å². The first-order valence-corrected chi connectivity index (χ1v) is 30.7. The van der Waals surface area contributed by atoms with E-state index in [0.717, 1.165) is 50.6 Å². The summed E-state index contributed by atoms with van der Waals surface area (Å²) in [5.41, 5.74) is -1.86.